The molecule has 120 valence electrons. The summed E-state index contributed by atoms with van der Waals surface area (Å²) in [6.45, 7) is -0.223. The number of hydrogen-bond acceptors (Lipinski definition) is 4. The highest BCUT2D eigenvalue weighted by Crippen LogP contribution is 2.25. The summed E-state index contributed by atoms with van der Waals surface area (Å²) < 4.78 is 19.2. The average molecular weight is 316 g/mol. The molecule has 6 heteroatoms. The minimum Gasteiger partial charge on any atom is -0.457 e. The first-order valence-electron chi connectivity index (χ1n) is 7.41. The summed E-state index contributed by atoms with van der Waals surface area (Å²) in [5.41, 5.74) is 0.407. The first-order valence-corrected chi connectivity index (χ1v) is 7.41. The van der Waals surface area contributed by atoms with Crippen molar-refractivity contribution in [3.8, 4) is 11.5 Å². The van der Waals surface area contributed by atoms with Crippen molar-refractivity contribution in [1.82, 2.24) is 9.88 Å². The lowest BCUT2D eigenvalue weighted by molar-refractivity contribution is 0.0672. The molecule has 5 nitrogen and oxygen atoms in total. The summed E-state index contributed by atoms with van der Waals surface area (Å²) in [4.78, 5) is 17.8. The molecule has 0 aliphatic carbocycles. The number of ether oxygens (including phenoxy) is 1. The van der Waals surface area contributed by atoms with E-state index in [-0.39, 0.29) is 25.5 Å². The summed E-state index contributed by atoms with van der Waals surface area (Å²) in [6, 6.07) is 9.67. The van der Waals surface area contributed by atoms with Crippen LogP contribution in [0.15, 0.2) is 48.8 Å². The van der Waals surface area contributed by atoms with Gasteiger partial charge in [-0.25, -0.2) is 4.39 Å². The molecule has 1 aliphatic heterocycles. The minimum absolute atomic E-state index is 0.0134. The van der Waals surface area contributed by atoms with Gasteiger partial charge in [0.15, 0.2) is 0 Å². The molecule has 1 saturated heterocycles. The third-order valence-corrected chi connectivity index (χ3v) is 3.80. The van der Waals surface area contributed by atoms with Gasteiger partial charge in [-0.15, -0.1) is 0 Å². The molecular weight excluding hydrogens is 299 g/mol. The Hall–Kier alpha value is -2.47. The topological polar surface area (TPSA) is 62.7 Å². The van der Waals surface area contributed by atoms with E-state index in [0.29, 0.717) is 17.1 Å². The molecule has 2 atom stereocenters. The molecule has 0 bridgehead atoms. The maximum absolute atomic E-state index is 13.5. The third kappa shape index (κ3) is 3.48. The Kier molecular flexibility index (Phi) is 4.52. The van der Waals surface area contributed by atoms with Gasteiger partial charge in [0.2, 0.25) is 0 Å². The van der Waals surface area contributed by atoms with Crippen LogP contribution in [0, 0.1) is 0 Å². The van der Waals surface area contributed by atoms with Gasteiger partial charge in [-0.1, -0.05) is 6.07 Å². The van der Waals surface area contributed by atoms with Crippen LogP contribution >= 0.6 is 0 Å². The van der Waals surface area contributed by atoms with Gasteiger partial charge in [-0.2, -0.15) is 0 Å². The van der Waals surface area contributed by atoms with Gasteiger partial charge in [-0.05, 0) is 30.3 Å². The number of aliphatic hydroxyl groups is 1. The van der Waals surface area contributed by atoms with Crippen LogP contribution in [-0.4, -0.2) is 46.3 Å². The number of benzene rings is 1. The normalized spacial score (nSPS) is 20.5. The van der Waals surface area contributed by atoms with Crippen LogP contribution in [0.5, 0.6) is 11.5 Å². The van der Waals surface area contributed by atoms with Crippen LogP contribution in [0.4, 0.5) is 4.39 Å². The van der Waals surface area contributed by atoms with Crippen LogP contribution in [-0.2, 0) is 0 Å². The van der Waals surface area contributed by atoms with Gasteiger partial charge in [-0.3, -0.25) is 9.78 Å². The van der Waals surface area contributed by atoms with Crippen molar-refractivity contribution in [1.29, 1.82) is 0 Å². The molecule has 1 aromatic carbocycles. The fraction of sp³-hybridized carbons (Fsp3) is 0.294. The second kappa shape index (κ2) is 6.75. The molecule has 0 unspecified atom stereocenters. The summed E-state index contributed by atoms with van der Waals surface area (Å²) in [5, 5.41) is 9.31. The number of carbonyl (C=O) groups excluding carboxylic acids is 1. The predicted octanol–water partition coefficient (Wildman–Crippen LogP) is 2.42. The lowest BCUT2D eigenvalue weighted by atomic mass is 10.1. The van der Waals surface area contributed by atoms with Crippen molar-refractivity contribution in [2.75, 3.05) is 13.2 Å². The minimum atomic E-state index is -1.09. The van der Waals surface area contributed by atoms with Crippen molar-refractivity contribution >= 4 is 5.91 Å². The Balaban J connectivity index is 1.78. The summed E-state index contributed by atoms with van der Waals surface area (Å²) >= 11 is 0. The number of nitrogens with zero attached hydrogens (tertiary/aromatic N) is 2. The van der Waals surface area contributed by atoms with E-state index in [2.05, 4.69) is 4.98 Å². The molecule has 2 heterocycles. The molecule has 1 aliphatic rings. The smallest absolute Gasteiger partial charge is 0.254 e. The number of carbonyl (C=O) groups is 1. The van der Waals surface area contributed by atoms with Crippen LogP contribution in [0.2, 0.25) is 0 Å². The molecule has 2 aromatic rings. The van der Waals surface area contributed by atoms with E-state index in [4.69, 9.17) is 4.74 Å². The van der Waals surface area contributed by atoms with Crippen molar-refractivity contribution in [3.05, 3.63) is 54.4 Å². The second-order valence-electron chi connectivity index (χ2n) is 5.44. The Labute approximate surface area is 133 Å². The van der Waals surface area contributed by atoms with E-state index < -0.39 is 12.2 Å². The molecule has 1 fully saturated rings. The molecule has 0 saturated carbocycles. The monoisotopic (exact) mass is 316 g/mol. The zero-order chi connectivity index (χ0) is 16.2. The van der Waals surface area contributed by atoms with Crippen molar-refractivity contribution < 1.29 is 19.0 Å². The highest BCUT2D eigenvalue weighted by atomic mass is 19.1. The Morgan fingerprint density at radius 2 is 2.09 bits per heavy atom. The fourth-order valence-electron chi connectivity index (χ4n) is 2.68. The average Bonchev–Trinajstić information content (AvgIpc) is 2.96. The fourth-order valence-corrected chi connectivity index (χ4v) is 2.68. The molecule has 3 rings (SSSR count). The number of amides is 1. The Bertz CT molecular complexity index is 681. The zero-order valence-corrected chi connectivity index (χ0v) is 12.4. The first-order chi connectivity index (χ1) is 11.2. The maximum atomic E-state index is 13.5. The number of pyridine rings is 1. The number of aromatic nitrogens is 1. The van der Waals surface area contributed by atoms with Gasteiger partial charge in [0.1, 0.15) is 17.7 Å². The van der Waals surface area contributed by atoms with E-state index >= 15 is 0 Å². The van der Waals surface area contributed by atoms with Crippen molar-refractivity contribution in [2.24, 2.45) is 0 Å². The quantitative estimate of drug-likeness (QED) is 0.941. The van der Waals surface area contributed by atoms with Crippen LogP contribution in [0.1, 0.15) is 16.8 Å². The molecular formula is C17H17FN2O3. The number of alkyl halides is 1. The van der Waals surface area contributed by atoms with Crippen molar-refractivity contribution in [2.45, 2.75) is 18.6 Å². The maximum Gasteiger partial charge on any atom is 0.254 e. The second-order valence-corrected chi connectivity index (χ2v) is 5.44. The number of hydrogen-bond donors (Lipinski definition) is 1. The van der Waals surface area contributed by atoms with Crippen LogP contribution in [0.25, 0.3) is 0 Å². The van der Waals surface area contributed by atoms with Crippen LogP contribution < -0.4 is 4.74 Å². The molecule has 1 amide bonds. The summed E-state index contributed by atoms with van der Waals surface area (Å²) in [6.07, 6.45) is 2.31. The van der Waals surface area contributed by atoms with Gasteiger partial charge >= 0.3 is 0 Å². The first kappa shape index (κ1) is 15.4. The molecule has 1 aromatic heterocycles. The molecule has 1 N–H and O–H groups in total. The largest absolute Gasteiger partial charge is 0.457 e. The number of aliphatic hydroxyl groups excluding tert-OH is 1. The van der Waals surface area contributed by atoms with Gasteiger partial charge < -0.3 is 14.7 Å². The standard InChI is InChI=1S/C17H17FN2O3/c18-13-9-14(11-21)20(10-13)17(22)12-2-1-3-16(8-12)23-15-4-6-19-7-5-15/h1-8,13-14,21H,9-11H2/t13-,14-/m0/s1. The number of likely N-dealkylation sites (tertiary alicyclic amines) is 1. The number of halogens is 1. The van der Waals surface area contributed by atoms with E-state index in [1.807, 2.05) is 0 Å². The van der Waals surface area contributed by atoms with E-state index in [0.717, 1.165) is 0 Å². The summed E-state index contributed by atoms with van der Waals surface area (Å²) in [5.74, 6) is 0.825. The lowest BCUT2D eigenvalue weighted by Crippen LogP contribution is -2.37. The predicted molar refractivity (Wildman–Crippen MR) is 82.2 cm³/mol. The van der Waals surface area contributed by atoms with Crippen LogP contribution in [0.3, 0.4) is 0 Å². The van der Waals surface area contributed by atoms with E-state index in [1.165, 1.54) is 4.90 Å². The zero-order valence-electron chi connectivity index (χ0n) is 12.4. The van der Waals surface area contributed by atoms with Gasteiger partial charge in [0, 0.05) is 24.4 Å². The molecule has 0 radical (unpaired) electrons. The van der Waals surface area contributed by atoms with Crippen molar-refractivity contribution in [3.63, 3.8) is 0 Å². The highest BCUT2D eigenvalue weighted by molar-refractivity contribution is 5.95. The third-order valence-electron chi connectivity index (χ3n) is 3.80. The molecule has 0 spiro atoms. The SMILES string of the molecule is O=C(c1cccc(Oc2ccncc2)c1)N1C[C@@H](F)C[C@H]1CO. The Morgan fingerprint density at radius 1 is 1.30 bits per heavy atom. The summed E-state index contributed by atoms with van der Waals surface area (Å²) in [7, 11) is 0. The van der Waals surface area contributed by atoms with Gasteiger partial charge in [0.05, 0.1) is 19.2 Å². The highest BCUT2D eigenvalue weighted by Gasteiger charge is 2.35. The van der Waals surface area contributed by atoms with Gasteiger partial charge in [0.25, 0.3) is 5.91 Å². The number of rotatable bonds is 4. The Morgan fingerprint density at radius 3 is 2.83 bits per heavy atom. The molecule has 23 heavy (non-hydrogen) atoms. The lowest BCUT2D eigenvalue weighted by Gasteiger charge is -2.22. The van der Waals surface area contributed by atoms with E-state index in [9.17, 15) is 14.3 Å². The van der Waals surface area contributed by atoms with E-state index in [1.54, 1.807) is 48.8 Å².